The van der Waals surface area contributed by atoms with Crippen LogP contribution in [0.2, 0.25) is 0 Å². The fraction of sp³-hybridized carbons (Fsp3) is 0.533. The first kappa shape index (κ1) is 15.3. The second kappa shape index (κ2) is 6.44. The second-order valence-corrected chi connectivity index (χ2v) is 4.88. The van der Waals surface area contributed by atoms with Gasteiger partial charge in [0.15, 0.2) is 11.5 Å². The average Bonchev–Trinajstić information content (AvgIpc) is 2.39. The Morgan fingerprint density at radius 2 is 2.00 bits per heavy atom. The number of nitriles is 1. The molecule has 0 saturated heterocycles. The molecule has 0 heterocycles. The van der Waals surface area contributed by atoms with Gasteiger partial charge in [-0.05, 0) is 45.6 Å². The molecule has 0 spiro atoms. The maximum Gasteiger partial charge on any atom is 0.161 e. The molecule has 0 aliphatic rings. The molecule has 0 fully saturated rings. The van der Waals surface area contributed by atoms with Crippen molar-refractivity contribution in [1.82, 2.24) is 4.90 Å². The summed E-state index contributed by atoms with van der Waals surface area (Å²) in [7, 11) is 5.45. The Labute approximate surface area is 115 Å². The van der Waals surface area contributed by atoms with Crippen LogP contribution < -0.4 is 9.47 Å². The van der Waals surface area contributed by atoms with E-state index < -0.39 is 5.54 Å². The third kappa shape index (κ3) is 3.62. The number of hydrogen-bond donors (Lipinski definition) is 0. The van der Waals surface area contributed by atoms with Crippen LogP contribution in [0, 0.1) is 11.3 Å². The fourth-order valence-electron chi connectivity index (χ4n) is 1.79. The molecule has 0 amide bonds. The first-order valence-corrected chi connectivity index (χ1v) is 6.35. The van der Waals surface area contributed by atoms with Crippen LogP contribution in [0.3, 0.4) is 0 Å². The number of benzene rings is 1. The summed E-state index contributed by atoms with van der Waals surface area (Å²) in [5.41, 5.74) is 0.528. The number of methoxy groups -OCH3 is 1. The van der Waals surface area contributed by atoms with Crippen LogP contribution in [-0.2, 0) is 6.42 Å². The van der Waals surface area contributed by atoms with E-state index in [1.807, 2.05) is 51.0 Å². The Morgan fingerprint density at radius 3 is 2.47 bits per heavy atom. The molecule has 0 N–H and O–H groups in total. The van der Waals surface area contributed by atoms with E-state index in [4.69, 9.17) is 9.47 Å². The molecule has 1 atom stereocenters. The minimum absolute atomic E-state index is 0.530. The van der Waals surface area contributed by atoms with E-state index in [2.05, 4.69) is 6.07 Å². The Balaban J connectivity index is 3.03. The van der Waals surface area contributed by atoms with Gasteiger partial charge in [-0.15, -0.1) is 0 Å². The molecule has 1 rings (SSSR count). The third-order valence-electron chi connectivity index (χ3n) is 3.30. The van der Waals surface area contributed by atoms with Crippen molar-refractivity contribution in [1.29, 1.82) is 5.26 Å². The van der Waals surface area contributed by atoms with Gasteiger partial charge in [-0.25, -0.2) is 0 Å². The molecule has 0 aromatic heterocycles. The van der Waals surface area contributed by atoms with Crippen LogP contribution >= 0.6 is 0 Å². The standard InChI is InChI=1S/C15H22N2O2/c1-6-19-14-9-12(7-8-13(14)18-5)10-15(2,11-16)17(3)4/h7-9H,6,10H2,1-5H3. The quantitative estimate of drug-likeness (QED) is 0.790. The Bertz CT molecular complexity index is 466. The molecule has 0 radical (unpaired) electrons. The number of likely N-dealkylation sites (N-methyl/N-ethyl adjacent to an activating group) is 1. The van der Waals surface area contributed by atoms with E-state index in [-0.39, 0.29) is 0 Å². The van der Waals surface area contributed by atoms with Gasteiger partial charge in [0.1, 0.15) is 5.54 Å². The molecule has 0 aliphatic heterocycles. The van der Waals surface area contributed by atoms with E-state index >= 15 is 0 Å². The lowest BCUT2D eigenvalue weighted by Gasteiger charge is -2.29. The van der Waals surface area contributed by atoms with Crippen molar-refractivity contribution in [3.05, 3.63) is 23.8 Å². The molecule has 1 aromatic carbocycles. The van der Waals surface area contributed by atoms with E-state index in [0.717, 1.165) is 11.3 Å². The molecule has 104 valence electrons. The zero-order valence-electron chi connectivity index (χ0n) is 12.4. The number of rotatable bonds is 6. The van der Waals surface area contributed by atoms with Crippen LogP contribution in [0.5, 0.6) is 11.5 Å². The van der Waals surface area contributed by atoms with Gasteiger partial charge >= 0.3 is 0 Å². The smallest absolute Gasteiger partial charge is 0.161 e. The third-order valence-corrected chi connectivity index (χ3v) is 3.30. The van der Waals surface area contributed by atoms with Crippen molar-refractivity contribution in [2.45, 2.75) is 25.8 Å². The molecule has 1 unspecified atom stereocenters. The lowest BCUT2D eigenvalue weighted by molar-refractivity contribution is 0.236. The van der Waals surface area contributed by atoms with Crippen molar-refractivity contribution >= 4 is 0 Å². The lowest BCUT2D eigenvalue weighted by atomic mass is 9.93. The second-order valence-electron chi connectivity index (χ2n) is 4.88. The zero-order valence-corrected chi connectivity index (χ0v) is 12.4. The highest BCUT2D eigenvalue weighted by molar-refractivity contribution is 5.43. The van der Waals surface area contributed by atoms with E-state index in [0.29, 0.717) is 18.8 Å². The first-order valence-electron chi connectivity index (χ1n) is 6.35. The number of ether oxygens (including phenoxy) is 2. The van der Waals surface area contributed by atoms with Gasteiger partial charge in [0.05, 0.1) is 19.8 Å². The van der Waals surface area contributed by atoms with Gasteiger partial charge in [-0.3, -0.25) is 4.90 Å². The van der Waals surface area contributed by atoms with Gasteiger partial charge in [-0.2, -0.15) is 5.26 Å². The number of nitrogens with zero attached hydrogens (tertiary/aromatic N) is 2. The first-order chi connectivity index (χ1) is 8.96. The molecule has 4 nitrogen and oxygen atoms in total. The topological polar surface area (TPSA) is 45.5 Å². The highest BCUT2D eigenvalue weighted by atomic mass is 16.5. The molecule has 0 saturated carbocycles. The van der Waals surface area contributed by atoms with Crippen LogP contribution in [0.1, 0.15) is 19.4 Å². The van der Waals surface area contributed by atoms with E-state index in [9.17, 15) is 5.26 Å². The van der Waals surface area contributed by atoms with Gasteiger partial charge in [0.25, 0.3) is 0 Å². The normalized spacial score (nSPS) is 13.7. The molecule has 19 heavy (non-hydrogen) atoms. The lowest BCUT2D eigenvalue weighted by Crippen LogP contribution is -2.41. The highest BCUT2D eigenvalue weighted by Crippen LogP contribution is 2.30. The molecule has 0 bridgehead atoms. The predicted molar refractivity (Wildman–Crippen MR) is 75.6 cm³/mol. The Morgan fingerprint density at radius 1 is 1.32 bits per heavy atom. The SMILES string of the molecule is CCOc1cc(CC(C)(C#N)N(C)C)ccc1OC. The van der Waals surface area contributed by atoms with Crippen LogP contribution in [0.4, 0.5) is 0 Å². The molecule has 0 aliphatic carbocycles. The van der Waals surface area contributed by atoms with Crippen molar-refractivity contribution in [2.75, 3.05) is 27.8 Å². The maximum atomic E-state index is 9.34. The maximum absolute atomic E-state index is 9.34. The summed E-state index contributed by atoms with van der Waals surface area (Å²) in [5.74, 6) is 1.44. The molecular formula is C15H22N2O2. The summed E-state index contributed by atoms with van der Waals surface area (Å²) < 4.78 is 10.8. The van der Waals surface area contributed by atoms with Gasteiger partial charge in [-0.1, -0.05) is 6.07 Å². The van der Waals surface area contributed by atoms with Crippen molar-refractivity contribution in [2.24, 2.45) is 0 Å². The van der Waals surface area contributed by atoms with Crippen molar-refractivity contribution in [3.63, 3.8) is 0 Å². The Kier molecular flexibility index (Phi) is 5.20. The summed E-state index contributed by atoms with van der Waals surface area (Å²) in [6.45, 7) is 4.45. The summed E-state index contributed by atoms with van der Waals surface area (Å²) in [4.78, 5) is 1.93. The van der Waals surface area contributed by atoms with E-state index in [1.54, 1.807) is 7.11 Å². The molecule has 1 aromatic rings. The minimum atomic E-state index is -0.530. The van der Waals surface area contributed by atoms with Crippen LogP contribution in [0.15, 0.2) is 18.2 Å². The highest BCUT2D eigenvalue weighted by Gasteiger charge is 2.27. The predicted octanol–water partition coefficient (Wildman–Crippen LogP) is 2.48. The summed E-state index contributed by atoms with van der Waals surface area (Å²) in [6, 6.07) is 8.16. The van der Waals surface area contributed by atoms with Crippen molar-refractivity contribution < 1.29 is 9.47 Å². The zero-order chi connectivity index (χ0) is 14.5. The largest absolute Gasteiger partial charge is 0.493 e. The van der Waals surface area contributed by atoms with Gasteiger partial charge < -0.3 is 9.47 Å². The molecule has 4 heteroatoms. The van der Waals surface area contributed by atoms with Crippen LogP contribution in [0.25, 0.3) is 0 Å². The average molecular weight is 262 g/mol. The van der Waals surface area contributed by atoms with E-state index in [1.165, 1.54) is 0 Å². The summed E-state index contributed by atoms with van der Waals surface area (Å²) in [6.07, 6.45) is 0.639. The fourth-order valence-corrected chi connectivity index (χ4v) is 1.79. The van der Waals surface area contributed by atoms with Crippen LogP contribution in [-0.4, -0.2) is 38.3 Å². The number of hydrogen-bond acceptors (Lipinski definition) is 4. The van der Waals surface area contributed by atoms with Gasteiger partial charge in [0.2, 0.25) is 0 Å². The Hall–Kier alpha value is -1.73. The summed E-state index contributed by atoms with van der Waals surface area (Å²) >= 11 is 0. The molecular weight excluding hydrogens is 240 g/mol. The summed E-state index contributed by atoms with van der Waals surface area (Å²) in [5, 5.41) is 9.34. The van der Waals surface area contributed by atoms with Gasteiger partial charge in [0, 0.05) is 6.42 Å². The van der Waals surface area contributed by atoms with Crippen molar-refractivity contribution in [3.8, 4) is 17.6 Å². The monoisotopic (exact) mass is 262 g/mol. The minimum Gasteiger partial charge on any atom is -0.493 e.